The average Bonchev–Trinajstić information content (AvgIpc) is 3.32. The van der Waals surface area contributed by atoms with E-state index in [1.807, 2.05) is 42.5 Å². The molecule has 0 saturated heterocycles. The highest BCUT2D eigenvalue weighted by molar-refractivity contribution is 7.89. The fourth-order valence-electron chi connectivity index (χ4n) is 4.41. The van der Waals surface area contributed by atoms with Crippen LogP contribution in [0.25, 0.3) is 10.9 Å². The van der Waals surface area contributed by atoms with Crippen molar-refractivity contribution in [2.45, 2.75) is 44.0 Å². The first-order chi connectivity index (χ1) is 17.6. The number of hydrogen-bond donors (Lipinski definition) is 1. The van der Waals surface area contributed by atoms with Crippen LogP contribution in [-0.2, 0) is 28.4 Å². The zero-order valence-electron chi connectivity index (χ0n) is 21.2. The molecule has 1 aromatic heterocycles. The van der Waals surface area contributed by atoms with E-state index in [0.29, 0.717) is 29.0 Å². The van der Waals surface area contributed by atoms with Gasteiger partial charge in [0.2, 0.25) is 16.8 Å². The number of H-pyrrole nitrogens is 1. The first-order valence-electron chi connectivity index (χ1n) is 12.2. The number of hydrogen-bond acceptors (Lipinski definition) is 5. The van der Waals surface area contributed by atoms with Crippen LogP contribution in [0.4, 0.5) is 0 Å². The molecular weight excluding hydrogens is 488 g/mol. The molecule has 3 aromatic carbocycles. The van der Waals surface area contributed by atoms with E-state index in [-0.39, 0.29) is 35.8 Å². The third kappa shape index (κ3) is 5.26. The highest BCUT2D eigenvalue weighted by Gasteiger charge is 2.27. The summed E-state index contributed by atoms with van der Waals surface area (Å²) in [7, 11) is -3.88. The number of nitrogens with zero attached hydrogens (tertiary/aromatic N) is 1. The molecule has 4 aromatic rings. The van der Waals surface area contributed by atoms with Crippen LogP contribution in [0.2, 0.25) is 0 Å². The van der Waals surface area contributed by atoms with Crippen LogP contribution in [0.15, 0.2) is 82.5 Å². The fourth-order valence-corrected chi connectivity index (χ4v) is 5.83. The van der Waals surface area contributed by atoms with E-state index < -0.39 is 10.0 Å². The summed E-state index contributed by atoms with van der Waals surface area (Å²) in [5, 5.41) is 0.744. The Labute approximate surface area is 216 Å². The molecule has 0 radical (unpaired) electrons. The number of fused-ring (bicyclic) bond motifs is 2. The van der Waals surface area contributed by atoms with Gasteiger partial charge in [-0.3, -0.25) is 4.79 Å². The van der Waals surface area contributed by atoms with E-state index >= 15 is 0 Å². The highest BCUT2D eigenvalue weighted by atomic mass is 32.2. The molecule has 0 unspecified atom stereocenters. The standard InChI is InChI=1S/C29H30N2O5S/c1-29(2,3)23-9-11-24(12-10-23)37(33,34)31(14-13-20-7-5-4-6-8-20)18-22-15-21-16-26-27(36-19-35-26)17-25(21)30-28(22)32/h4-12,15-17H,13-14,18-19H2,1-3H3,(H,30,32). The van der Waals surface area contributed by atoms with E-state index in [1.165, 1.54) is 4.31 Å². The number of ether oxygens (including phenoxy) is 2. The molecule has 8 heteroatoms. The summed E-state index contributed by atoms with van der Waals surface area (Å²) in [5.74, 6) is 1.17. The molecule has 0 atom stereocenters. The minimum atomic E-state index is -3.88. The van der Waals surface area contributed by atoms with Gasteiger partial charge in [0.15, 0.2) is 11.5 Å². The van der Waals surface area contributed by atoms with Gasteiger partial charge < -0.3 is 14.5 Å². The lowest BCUT2D eigenvalue weighted by atomic mass is 9.87. The summed E-state index contributed by atoms with van der Waals surface area (Å²) in [6.07, 6.45) is 0.518. The smallest absolute Gasteiger partial charge is 0.252 e. The number of rotatable bonds is 7. The average molecular weight is 519 g/mol. The van der Waals surface area contributed by atoms with Crippen molar-refractivity contribution in [2.75, 3.05) is 13.3 Å². The van der Waals surface area contributed by atoms with Crippen molar-refractivity contribution >= 4 is 20.9 Å². The summed E-state index contributed by atoms with van der Waals surface area (Å²) in [6, 6.07) is 22.0. The van der Waals surface area contributed by atoms with Gasteiger partial charge >= 0.3 is 0 Å². The molecule has 0 aliphatic carbocycles. The quantitative estimate of drug-likeness (QED) is 0.372. The van der Waals surface area contributed by atoms with Crippen LogP contribution >= 0.6 is 0 Å². The van der Waals surface area contributed by atoms with Gasteiger partial charge in [0.25, 0.3) is 5.56 Å². The third-order valence-electron chi connectivity index (χ3n) is 6.61. The molecule has 0 amide bonds. The summed E-state index contributed by atoms with van der Waals surface area (Å²) < 4.78 is 39.9. The molecule has 1 aliphatic heterocycles. The van der Waals surface area contributed by atoms with Crippen molar-refractivity contribution in [3.63, 3.8) is 0 Å². The zero-order valence-corrected chi connectivity index (χ0v) is 22.0. The second-order valence-corrected chi connectivity index (χ2v) is 12.2. The lowest BCUT2D eigenvalue weighted by molar-refractivity contribution is 0.174. The monoisotopic (exact) mass is 518 g/mol. The highest BCUT2D eigenvalue weighted by Crippen LogP contribution is 2.35. The summed E-state index contributed by atoms with van der Waals surface area (Å²) >= 11 is 0. The predicted molar refractivity (Wildman–Crippen MR) is 144 cm³/mol. The van der Waals surface area contributed by atoms with Crippen molar-refractivity contribution < 1.29 is 17.9 Å². The molecule has 0 bridgehead atoms. The SMILES string of the molecule is CC(C)(C)c1ccc(S(=O)(=O)N(CCc2ccccc2)Cc2cc3cc4c(cc3[nH]c2=O)OCO4)cc1. The third-order valence-corrected chi connectivity index (χ3v) is 8.47. The summed E-state index contributed by atoms with van der Waals surface area (Å²) in [5.41, 5.74) is 2.60. The Bertz CT molecular complexity index is 1590. The van der Waals surface area contributed by atoms with Gasteiger partial charge in [-0.2, -0.15) is 4.31 Å². The molecule has 0 saturated carbocycles. The van der Waals surface area contributed by atoms with Gasteiger partial charge in [0, 0.05) is 30.1 Å². The Hall–Kier alpha value is -3.62. The van der Waals surface area contributed by atoms with Crippen molar-refractivity contribution in [1.82, 2.24) is 9.29 Å². The lowest BCUT2D eigenvalue weighted by Crippen LogP contribution is -2.34. The number of sulfonamides is 1. The summed E-state index contributed by atoms with van der Waals surface area (Å²) in [6.45, 7) is 6.55. The molecule has 2 heterocycles. The predicted octanol–water partition coefficient (Wildman–Crippen LogP) is 4.99. The Morgan fingerprint density at radius 1 is 0.919 bits per heavy atom. The van der Waals surface area contributed by atoms with Crippen LogP contribution in [0.3, 0.4) is 0 Å². The van der Waals surface area contributed by atoms with Crippen molar-refractivity contribution in [3.8, 4) is 11.5 Å². The van der Waals surface area contributed by atoms with Gasteiger partial charge in [0.05, 0.1) is 10.4 Å². The molecule has 1 aliphatic rings. The molecule has 192 valence electrons. The lowest BCUT2D eigenvalue weighted by Gasteiger charge is -2.24. The van der Waals surface area contributed by atoms with Crippen LogP contribution < -0.4 is 15.0 Å². The fraction of sp³-hybridized carbons (Fsp3) is 0.276. The van der Waals surface area contributed by atoms with Crippen molar-refractivity contribution in [1.29, 1.82) is 0 Å². The Kier molecular flexibility index (Phi) is 6.56. The molecule has 5 rings (SSSR count). The van der Waals surface area contributed by atoms with E-state index in [4.69, 9.17) is 9.47 Å². The minimum absolute atomic E-state index is 0.0596. The Morgan fingerprint density at radius 2 is 1.59 bits per heavy atom. The minimum Gasteiger partial charge on any atom is -0.454 e. The molecule has 0 spiro atoms. The largest absolute Gasteiger partial charge is 0.454 e. The first-order valence-corrected chi connectivity index (χ1v) is 13.7. The second kappa shape index (κ2) is 9.68. The van der Waals surface area contributed by atoms with Gasteiger partial charge in [-0.1, -0.05) is 63.2 Å². The van der Waals surface area contributed by atoms with Gasteiger partial charge in [0.1, 0.15) is 0 Å². The van der Waals surface area contributed by atoms with E-state index in [0.717, 1.165) is 16.5 Å². The molecule has 0 fully saturated rings. The number of aromatic nitrogens is 1. The Morgan fingerprint density at radius 3 is 2.27 bits per heavy atom. The zero-order chi connectivity index (χ0) is 26.2. The number of pyridine rings is 1. The maximum atomic E-state index is 13.8. The number of benzene rings is 3. The summed E-state index contributed by atoms with van der Waals surface area (Å²) in [4.78, 5) is 16.1. The molecule has 37 heavy (non-hydrogen) atoms. The van der Waals surface area contributed by atoms with E-state index in [9.17, 15) is 13.2 Å². The topological polar surface area (TPSA) is 88.7 Å². The maximum Gasteiger partial charge on any atom is 0.252 e. The second-order valence-electron chi connectivity index (χ2n) is 10.3. The van der Waals surface area contributed by atoms with Crippen LogP contribution in [0, 0.1) is 0 Å². The molecule has 1 N–H and O–H groups in total. The molecular formula is C29H30N2O5S. The van der Waals surface area contributed by atoms with Crippen LogP contribution in [0.1, 0.15) is 37.5 Å². The molecule has 7 nitrogen and oxygen atoms in total. The van der Waals surface area contributed by atoms with E-state index in [1.54, 1.807) is 30.3 Å². The van der Waals surface area contributed by atoms with E-state index in [2.05, 4.69) is 25.8 Å². The maximum absolute atomic E-state index is 13.8. The normalized spacial score (nSPS) is 13.4. The number of aromatic amines is 1. The Balaban J connectivity index is 1.50. The van der Waals surface area contributed by atoms with Crippen LogP contribution in [0.5, 0.6) is 11.5 Å². The van der Waals surface area contributed by atoms with Crippen molar-refractivity contribution in [3.05, 3.63) is 99.8 Å². The van der Waals surface area contributed by atoms with Gasteiger partial charge in [-0.15, -0.1) is 0 Å². The first kappa shape index (κ1) is 25.0. The van der Waals surface area contributed by atoms with Crippen molar-refractivity contribution in [2.24, 2.45) is 0 Å². The number of nitrogens with one attached hydrogen (secondary N) is 1. The van der Waals surface area contributed by atoms with Crippen LogP contribution in [-0.4, -0.2) is 31.0 Å². The van der Waals surface area contributed by atoms with Gasteiger partial charge in [-0.05, 0) is 47.2 Å². The van der Waals surface area contributed by atoms with Gasteiger partial charge in [-0.25, -0.2) is 8.42 Å².